The first-order chi connectivity index (χ1) is 9.54. The van der Waals surface area contributed by atoms with E-state index in [-0.39, 0.29) is 23.7 Å². The number of nitrogen functional groups attached to an aromatic ring is 1. The van der Waals surface area contributed by atoms with E-state index in [1.165, 1.54) is 12.8 Å². The van der Waals surface area contributed by atoms with E-state index in [4.69, 9.17) is 10.5 Å². The van der Waals surface area contributed by atoms with E-state index in [1.54, 1.807) is 12.1 Å². The van der Waals surface area contributed by atoms with Gasteiger partial charge >= 0.3 is 5.82 Å². The molecule has 20 heavy (non-hydrogen) atoms. The Morgan fingerprint density at radius 1 is 1.45 bits per heavy atom. The lowest BCUT2D eigenvalue weighted by atomic mass is 10.1. The van der Waals surface area contributed by atoms with Gasteiger partial charge in [0.15, 0.2) is 0 Å². The highest BCUT2D eigenvalue weighted by molar-refractivity contribution is 5.58. The van der Waals surface area contributed by atoms with E-state index in [0.29, 0.717) is 18.3 Å². The van der Waals surface area contributed by atoms with Crippen LogP contribution >= 0.6 is 0 Å². The van der Waals surface area contributed by atoms with Gasteiger partial charge in [0, 0.05) is 19.2 Å². The third-order valence-electron chi connectivity index (χ3n) is 3.82. The number of nitrogens with zero attached hydrogens (tertiary/aromatic N) is 3. The van der Waals surface area contributed by atoms with E-state index in [1.807, 2.05) is 6.92 Å². The van der Waals surface area contributed by atoms with Crippen LogP contribution in [0, 0.1) is 16.0 Å². The largest absolute Gasteiger partial charge is 0.392 e. The minimum absolute atomic E-state index is 0.0961. The van der Waals surface area contributed by atoms with Crippen molar-refractivity contribution in [3.8, 4) is 0 Å². The van der Waals surface area contributed by atoms with E-state index < -0.39 is 4.92 Å². The van der Waals surface area contributed by atoms with Gasteiger partial charge in [-0.1, -0.05) is 0 Å². The summed E-state index contributed by atoms with van der Waals surface area (Å²) in [5.74, 6) is 0.959. The van der Waals surface area contributed by atoms with Crippen LogP contribution in [0.4, 0.5) is 17.3 Å². The molecule has 7 heteroatoms. The van der Waals surface area contributed by atoms with Gasteiger partial charge in [0.25, 0.3) is 0 Å². The lowest BCUT2D eigenvalue weighted by molar-refractivity contribution is -0.388. The second-order valence-electron chi connectivity index (χ2n) is 5.57. The molecule has 1 saturated heterocycles. The number of rotatable bonds is 3. The van der Waals surface area contributed by atoms with Crippen LogP contribution in [-0.4, -0.2) is 35.2 Å². The highest BCUT2D eigenvalue weighted by Crippen LogP contribution is 2.37. The van der Waals surface area contributed by atoms with Gasteiger partial charge in [-0.2, -0.15) is 0 Å². The minimum atomic E-state index is -0.541. The van der Waals surface area contributed by atoms with Gasteiger partial charge in [-0.05, 0) is 41.7 Å². The zero-order valence-corrected chi connectivity index (χ0v) is 11.4. The van der Waals surface area contributed by atoms with Gasteiger partial charge in [0.1, 0.15) is 5.69 Å². The Kier molecular flexibility index (Phi) is 3.21. The molecule has 108 valence electrons. The number of ether oxygens (including phenoxy) is 1. The summed E-state index contributed by atoms with van der Waals surface area (Å²) >= 11 is 0. The molecular weight excluding hydrogens is 260 g/mol. The molecule has 1 saturated carbocycles. The summed E-state index contributed by atoms with van der Waals surface area (Å²) in [5.41, 5.74) is 5.68. The molecule has 2 aliphatic rings. The lowest BCUT2D eigenvalue weighted by Gasteiger charge is -2.36. The summed E-state index contributed by atoms with van der Waals surface area (Å²) in [7, 11) is 0. The van der Waals surface area contributed by atoms with Crippen LogP contribution in [0.2, 0.25) is 0 Å². The van der Waals surface area contributed by atoms with Gasteiger partial charge in [-0.15, -0.1) is 0 Å². The normalized spacial score (nSPS) is 26.6. The van der Waals surface area contributed by atoms with Crippen molar-refractivity contribution in [1.82, 2.24) is 4.98 Å². The van der Waals surface area contributed by atoms with Crippen molar-refractivity contribution in [2.24, 2.45) is 5.92 Å². The Bertz CT molecular complexity index is 532. The summed E-state index contributed by atoms with van der Waals surface area (Å²) in [6.45, 7) is 3.45. The Hall–Kier alpha value is -1.89. The number of aromatic nitrogens is 1. The summed E-state index contributed by atoms with van der Waals surface area (Å²) in [5, 5.41) is 10.9. The Morgan fingerprint density at radius 3 is 2.85 bits per heavy atom. The molecule has 0 bridgehead atoms. The van der Waals surface area contributed by atoms with Crippen molar-refractivity contribution < 1.29 is 9.66 Å². The van der Waals surface area contributed by atoms with Crippen LogP contribution in [-0.2, 0) is 4.74 Å². The number of nitro groups is 1. The standard InChI is InChI=1S/C13H18N4O3/c1-8-6-16(7-11(20-8)9-2-3-9)12-5-4-10(14)13(15-12)17(18)19/h4-5,8-9,11H,2-3,6-7,14H2,1H3. The third kappa shape index (κ3) is 2.53. The quantitative estimate of drug-likeness (QED) is 0.666. The highest BCUT2D eigenvalue weighted by atomic mass is 16.6. The summed E-state index contributed by atoms with van der Waals surface area (Å²) in [4.78, 5) is 16.5. The smallest absolute Gasteiger partial charge is 0.388 e. The second kappa shape index (κ2) is 4.90. The van der Waals surface area contributed by atoms with Crippen molar-refractivity contribution in [3.63, 3.8) is 0 Å². The van der Waals surface area contributed by atoms with Gasteiger partial charge in [-0.25, -0.2) is 0 Å². The van der Waals surface area contributed by atoms with Crippen LogP contribution in [0.15, 0.2) is 12.1 Å². The maximum atomic E-state index is 10.9. The lowest BCUT2D eigenvalue weighted by Crippen LogP contribution is -2.47. The van der Waals surface area contributed by atoms with Crippen LogP contribution in [0.25, 0.3) is 0 Å². The van der Waals surface area contributed by atoms with Gasteiger partial charge < -0.3 is 25.5 Å². The number of pyridine rings is 1. The molecule has 2 unspecified atom stereocenters. The molecule has 0 spiro atoms. The molecule has 1 aromatic heterocycles. The average molecular weight is 278 g/mol. The van der Waals surface area contributed by atoms with Crippen molar-refractivity contribution in [2.75, 3.05) is 23.7 Å². The fraction of sp³-hybridized carbons (Fsp3) is 0.615. The molecule has 2 N–H and O–H groups in total. The van der Waals surface area contributed by atoms with Crippen LogP contribution in [0.1, 0.15) is 19.8 Å². The topological polar surface area (TPSA) is 94.5 Å². The third-order valence-corrected chi connectivity index (χ3v) is 3.82. The molecule has 7 nitrogen and oxygen atoms in total. The summed E-state index contributed by atoms with van der Waals surface area (Å²) in [6.07, 6.45) is 2.73. The zero-order valence-electron chi connectivity index (χ0n) is 11.4. The molecule has 0 radical (unpaired) electrons. The van der Waals surface area contributed by atoms with E-state index in [2.05, 4.69) is 9.88 Å². The maximum Gasteiger partial charge on any atom is 0.388 e. The molecule has 3 rings (SSSR count). The Labute approximate surface area is 116 Å². The Balaban J connectivity index is 1.83. The number of hydrogen-bond donors (Lipinski definition) is 1. The molecule has 0 aromatic carbocycles. The zero-order chi connectivity index (χ0) is 14.3. The highest BCUT2D eigenvalue weighted by Gasteiger charge is 2.38. The monoisotopic (exact) mass is 278 g/mol. The van der Waals surface area contributed by atoms with Crippen molar-refractivity contribution in [3.05, 3.63) is 22.2 Å². The van der Waals surface area contributed by atoms with Gasteiger partial charge in [-0.3, -0.25) is 0 Å². The Morgan fingerprint density at radius 2 is 2.20 bits per heavy atom. The molecule has 2 fully saturated rings. The van der Waals surface area contributed by atoms with Gasteiger partial charge in [0.2, 0.25) is 5.82 Å². The first-order valence-corrected chi connectivity index (χ1v) is 6.86. The number of hydrogen-bond acceptors (Lipinski definition) is 6. The first-order valence-electron chi connectivity index (χ1n) is 6.86. The molecule has 1 aliphatic heterocycles. The minimum Gasteiger partial charge on any atom is -0.392 e. The SMILES string of the molecule is CC1CN(c2ccc(N)c([N+](=O)[O-])n2)CC(C2CC2)O1. The van der Waals surface area contributed by atoms with E-state index >= 15 is 0 Å². The van der Waals surface area contributed by atoms with Crippen molar-refractivity contribution in [1.29, 1.82) is 0 Å². The number of anilines is 2. The summed E-state index contributed by atoms with van der Waals surface area (Å²) in [6, 6.07) is 3.29. The van der Waals surface area contributed by atoms with E-state index in [0.717, 1.165) is 6.54 Å². The predicted octanol–water partition coefficient (Wildman–Crippen LogP) is 1.58. The fourth-order valence-corrected chi connectivity index (χ4v) is 2.67. The average Bonchev–Trinajstić information content (AvgIpc) is 3.22. The molecule has 2 atom stereocenters. The van der Waals surface area contributed by atoms with Crippen LogP contribution < -0.4 is 10.6 Å². The van der Waals surface area contributed by atoms with Crippen LogP contribution in [0.3, 0.4) is 0 Å². The maximum absolute atomic E-state index is 10.9. The molecule has 0 amide bonds. The van der Waals surface area contributed by atoms with Crippen LogP contribution in [0.5, 0.6) is 0 Å². The molecular formula is C13H18N4O3. The second-order valence-corrected chi connectivity index (χ2v) is 5.57. The molecule has 2 heterocycles. The summed E-state index contributed by atoms with van der Waals surface area (Å²) < 4.78 is 5.94. The first kappa shape index (κ1) is 13.1. The molecule has 1 aliphatic carbocycles. The molecule has 1 aromatic rings. The van der Waals surface area contributed by atoms with Crippen molar-refractivity contribution in [2.45, 2.75) is 32.0 Å². The van der Waals surface area contributed by atoms with Crippen molar-refractivity contribution >= 4 is 17.3 Å². The van der Waals surface area contributed by atoms with Gasteiger partial charge in [0.05, 0.1) is 12.2 Å². The number of morpholine rings is 1. The predicted molar refractivity (Wildman–Crippen MR) is 74.6 cm³/mol. The van der Waals surface area contributed by atoms with E-state index in [9.17, 15) is 10.1 Å². The fourth-order valence-electron chi connectivity index (χ4n) is 2.67. The number of nitrogens with two attached hydrogens (primary N) is 1.